The Kier molecular flexibility index (Phi) is 2.59. The highest BCUT2D eigenvalue weighted by Gasteiger charge is 2.18. The van der Waals surface area contributed by atoms with Crippen LogP contribution in [0.25, 0.3) is 25.9 Å². The van der Waals surface area contributed by atoms with Gasteiger partial charge in [-0.25, -0.2) is 0 Å². The lowest BCUT2D eigenvalue weighted by atomic mass is 10.2. The number of hydrogen-bond acceptors (Lipinski definition) is 2. The fourth-order valence-corrected chi connectivity index (χ4v) is 3.88. The molecule has 0 atom stereocenters. The summed E-state index contributed by atoms with van der Waals surface area (Å²) in [5.41, 5.74) is 2.31. The van der Waals surface area contributed by atoms with Crippen molar-refractivity contribution in [2.24, 2.45) is 0 Å². The second-order valence-corrected chi connectivity index (χ2v) is 6.08. The van der Waals surface area contributed by atoms with Crippen LogP contribution in [0, 0.1) is 0 Å². The Labute approximate surface area is 124 Å². The van der Waals surface area contributed by atoms with Crippen molar-refractivity contribution in [3.63, 3.8) is 0 Å². The molecule has 0 bridgehead atoms. The molecule has 4 aromatic rings. The van der Waals surface area contributed by atoms with Crippen LogP contribution < -0.4 is 9.14 Å². The molecule has 2 aromatic carbocycles. The highest BCUT2D eigenvalue weighted by molar-refractivity contribution is 7.23. The van der Waals surface area contributed by atoms with E-state index in [9.17, 15) is 0 Å². The number of methoxy groups -OCH3 is 1. The molecule has 2 aromatic heterocycles. The van der Waals surface area contributed by atoms with Crippen molar-refractivity contribution in [1.82, 2.24) is 0 Å². The number of rotatable bonds is 1. The van der Waals surface area contributed by atoms with Crippen molar-refractivity contribution in [2.75, 3.05) is 7.11 Å². The molecule has 0 saturated carbocycles. The van der Waals surface area contributed by atoms with Gasteiger partial charge in [-0.15, -0.1) is 4.40 Å². The van der Waals surface area contributed by atoms with Gasteiger partial charge in [-0.1, -0.05) is 29.0 Å². The summed E-state index contributed by atoms with van der Waals surface area (Å²) in [7, 11) is 1.69. The average Bonchev–Trinajstić information content (AvgIpc) is 2.85. The first kappa shape index (κ1) is 11.9. The molecule has 0 amide bonds. The highest BCUT2D eigenvalue weighted by atomic mass is 35.5. The third-order valence-corrected chi connectivity index (χ3v) is 4.91. The van der Waals surface area contributed by atoms with Crippen molar-refractivity contribution in [3.8, 4) is 5.75 Å². The summed E-state index contributed by atoms with van der Waals surface area (Å²) >= 11 is 8.05. The number of fused-ring (bicyclic) bond motifs is 5. The maximum absolute atomic E-state index is 6.29. The molecule has 0 unspecified atom stereocenters. The molecule has 0 N–H and O–H groups in total. The molecule has 2 heterocycles. The number of benzene rings is 2. The molecule has 0 aliphatic rings. The summed E-state index contributed by atoms with van der Waals surface area (Å²) in [6.07, 6.45) is 0. The van der Waals surface area contributed by atoms with Crippen LogP contribution in [0.3, 0.4) is 0 Å². The van der Waals surface area contributed by atoms with Gasteiger partial charge in [-0.3, -0.25) is 0 Å². The Balaban J connectivity index is 2.23. The lowest BCUT2D eigenvalue weighted by molar-refractivity contribution is -0.446. The molecule has 4 heteroatoms. The minimum absolute atomic E-state index is 0.782. The van der Waals surface area contributed by atoms with E-state index in [1.807, 2.05) is 18.2 Å². The maximum atomic E-state index is 6.29. The summed E-state index contributed by atoms with van der Waals surface area (Å²) < 4.78 is 8.76. The van der Waals surface area contributed by atoms with Crippen LogP contribution in [0.5, 0.6) is 5.75 Å². The Bertz CT molecular complexity index is 961. The van der Waals surface area contributed by atoms with E-state index in [2.05, 4.69) is 34.7 Å². The van der Waals surface area contributed by atoms with Crippen LogP contribution in [0.15, 0.2) is 48.5 Å². The number of thiazole rings is 1. The number of nitrogens with zero attached hydrogens (tertiary/aromatic N) is 1. The summed E-state index contributed by atoms with van der Waals surface area (Å²) in [4.78, 5) is 1.20. The minimum Gasteiger partial charge on any atom is -0.497 e. The zero-order valence-corrected chi connectivity index (χ0v) is 12.3. The Morgan fingerprint density at radius 2 is 1.95 bits per heavy atom. The van der Waals surface area contributed by atoms with Gasteiger partial charge in [-0.2, -0.15) is 0 Å². The van der Waals surface area contributed by atoms with Gasteiger partial charge in [-0.05, 0) is 18.2 Å². The highest BCUT2D eigenvalue weighted by Crippen LogP contribution is 2.29. The number of ether oxygens (including phenoxy) is 1. The zero-order chi connectivity index (χ0) is 13.7. The van der Waals surface area contributed by atoms with E-state index in [-0.39, 0.29) is 0 Å². The largest absolute Gasteiger partial charge is 0.497 e. The summed E-state index contributed by atoms with van der Waals surface area (Å²) in [6.45, 7) is 0. The van der Waals surface area contributed by atoms with Crippen LogP contribution in [-0.2, 0) is 0 Å². The number of hydrogen-bond donors (Lipinski definition) is 0. The van der Waals surface area contributed by atoms with Gasteiger partial charge in [0.05, 0.1) is 17.5 Å². The first-order valence-electron chi connectivity index (χ1n) is 6.27. The average molecular weight is 301 g/mol. The molecule has 0 saturated heterocycles. The van der Waals surface area contributed by atoms with Crippen LogP contribution >= 0.6 is 22.9 Å². The first-order chi connectivity index (χ1) is 9.78. The van der Waals surface area contributed by atoms with E-state index in [0.29, 0.717) is 0 Å². The maximum Gasteiger partial charge on any atom is 0.268 e. The van der Waals surface area contributed by atoms with Crippen molar-refractivity contribution in [1.29, 1.82) is 0 Å². The minimum atomic E-state index is 0.782. The third kappa shape index (κ3) is 1.60. The monoisotopic (exact) mass is 300 g/mol. The summed E-state index contributed by atoms with van der Waals surface area (Å²) in [5.74, 6) is 0.881. The van der Waals surface area contributed by atoms with Crippen LogP contribution in [0.4, 0.5) is 0 Å². The van der Waals surface area contributed by atoms with Gasteiger partial charge >= 0.3 is 0 Å². The second-order valence-electron chi connectivity index (χ2n) is 4.62. The standard InChI is InChI=1S/C16H11ClNOS/c1-19-10-5-7-14-15(9-10)20-16-8-6-11-12(17)3-2-4-13(11)18(14)16/h2-9H,1H3/q+1. The molecular weight excluding hydrogens is 290 g/mol. The number of aromatic nitrogens is 1. The molecule has 4 rings (SSSR count). The zero-order valence-electron chi connectivity index (χ0n) is 10.8. The molecule has 0 fully saturated rings. The molecular formula is C16H11ClNOS+. The SMILES string of the molecule is COc1ccc2c(c1)sc1ccc3c(Cl)cccc3[n+]12. The van der Waals surface area contributed by atoms with Gasteiger partial charge < -0.3 is 4.74 Å². The topological polar surface area (TPSA) is 13.3 Å². The van der Waals surface area contributed by atoms with Crippen LogP contribution in [-0.4, -0.2) is 7.11 Å². The van der Waals surface area contributed by atoms with Gasteiger partial charge in [0.2, 0.25) is 11.0 Å². The number of pyridine rings is 1. The fourth-order valence-electron chi connectivity index (χ4n) is 2.56. The van der Waals surface area contributed by atoms with E-state index in [1.54, 1.807) is 18.4 Å². The van der Waals surface area contributed by atoms with E-state index in [1.165, 1.54) is 15.0 Å². The normalized spacial score (nSPS) is 11.5. The third-order valence-electron chi connectivity index (χ3n) is 3.51. The van der Waals surface area contributed by atoms with Crippen molar-refractivity contribution in [3.05, 3.63) is 53.6 Å². The smallest absolute Gasteiger partial charge is 0.268 e. The van der Waals surface area contributed by atoms with Crippen molar-refractivity contribution >= 4 is 48.9 Å². The Hall–Kier alpha value is -1.84. The van der Waals surface area contributed by atoms with Crippen molar-refractivity contribution in [2.45, 2.75) is 0 Å². The molecule has 20 heavy (non-hydrogen) atoms. The molecule has 0 spiro atoms. The van der Waals surface area contributed by atoms with Gasteiger partial charge in [0.1, 0.15) is 10.4 Å². The molecule has 2 nitrogen and oxygen atoms in total. The lowest BCUT2D eigenvalue weighted by Gasteiger charge is -1.97. The summed E-state index contributed by atoms with van der Waals surface area (Å²) in [5, 5.41) is 1.85. The van der Waals surface area contributed by atoms with Gasteiger partial charge in [0, 0.05) is 24.3 Å². The quantitative estimate of drug-likeness (QED) is 0.473. The molecule has 98 valence electrons. The lowest BCUT2D eigenvalue weighted by Crippen LogP contribution is -2.20. The van der Waals surface area contributed by atoms with E-state index >= 15 is 0 Å². The van der Waals surface area contributed by atoms with E-state index in [0.717, 1.165) is 21.7 Å². The van der Waals surface area contributed by atoms with E-state index in [4.69, 9.17) is 16.3 Å². The predicted molar refractivity (Wildman–Crippen MR) is 84.1 cm³/mol. The first-order valence-corrected chi connectivity index (χ1v) is 7.47. The van der Waals surface area contributed by atoms with Gasteiger partial charge in [0.15, 0.2) is 0 Å². The van der Waals surface area contributed by atoms with Gasteiger partial charge in [0.25, 0.3) is 4.83 Å². The number of halogens is 1. The second kappa shape index (κ2) is 4.33. The van der Waals surface area contributed by atoms with Crippen molar-refractivity contribution < 1.29 is 9.14 Å². The van der Waals surface area contributed by atoms with E-state index < -0.39 is 0 Å². The Morgan fingerprint density at radius 1 is 1.05 bits per heavy atom. The molecule has 0 aliphatic heterocycles. The molecule has 0 aliphatic carbocycles. The predicted octanol–water partition coefficient (Wildman–Crippen LogP) is 4.46. The van der Waals surface area contributed by atoms with Crippen LogP contribution in [0.2, 0.25) is 5.02 Å². The summed E-state index contributed by atoms with van der Waals surface area (Å²) in [6, 6.07) is 16.4. The fraction of sp³-hybridized carbons (Fsp3) is 0.0625. The Morgan fingerprint density at radius 3 is 2.80 bits per heavy atom. The van der Waals surface area contributed by atoms with Crippen LogP contribution in [0.1, 0.15) is 0 Å². The molecule has 0 radical (unpaired) electrons.